The number of benzene rings is 1. The second-order valence-electron chi connectivity index (χ2n) is 5.19. The first kappa shape index (κ1) is 14.4. The van der Waals surface area contributed by atoms with E-state index >= 15 is 0 Å². The van der Waals surface area contributed by atoms with Crippen molar-refractivity contribution in [2.45, 2.75) is 31.9 Å². The number of hydrogen-bond acceptors (Lipinski definition) is 3. The van der Waals surface area contributed by atoms with Gasteiger partial charge in [-0.2, -0.15) is 5.10 Å². The summed E-state index contributed by atoms with van der Waals surface area (Å²) in [4.78, 5) is 11.8. The number of aryl methyl sites for hydroxylation is 1. The van der Waals surface area contributed by atoms with Gasteiger partial charge >= 0.3 is 0 Å². The zero-order valence-electron chi connectivity index (χ0n) is 11.7. The summed E-state index contributed by atoms with van der Waals surface area (Å²) in [6.45, 7) is 2.06. The monoisotopic (exact) mass is 307 g/mol. The minimum atomic E-state index is -0.255. The van der Waals surface area contributed by atoms with E-state index in [1.165, 1.54) is 0 Å². The largest absolute Gasteiger partial charge is 0.368 e. The number of fused-ring (bicyclic) bond motifs is 1. The number of halogens is 1. The van der Waals surface area contributed by atoms with E-state index in [-0.39, 0.29) is 12.0 Å². The highest BCUT2D eigenvalue weighted by molar-refractivity contribution is 6.35. The van der Waals surface area contributed by atoms with Crippen LogP contribution in [0, 0.1) is 0 Å². The average Bonchev–Trinajstić information content (AvgIpc) is 3.14. The molecule has 112 valence electrons. The molecule has 1 aromatic heterocycles. The molecule has 0 spiro atoms. The molecule has 1 N–H and O–H groups in total. The molecule has 0 aliphatic carbocycles. The fraction of sp³-hybridized carbons (Fsp3) is 0.467. The molecule has 1 atom stereocenters. The Balaban J connectivity index is 1.50. The van der Waals surface area contributed by atoms with Gasteiger partial charge in [0.05, 0.1) is 16.7 Å². The summed E-state index contributed by atoms with van der Waals surface area (Å²) in [7, 11) is 0. The highest BCUT2D eigenvalue weighted by atomic mass is 35.5. The Morgan fingerprint density at radius 2 is 2.43 bits per heavy atom. The molecule has 3 rings (SSSR count). The zero-order valence-corrected chi connectivity index (χ0v) is 12.5. The molecule has 0 unspecified atom stereocenters. The van der Waals surface area contributed by atoms with Crippen molar-refractivity contribution in [3.05, 3.63) is 29.4 Å². The van der Waals surface area contributed by atoms with Crippen molar-refractivity contribution in [3.8, 4) is 0 Å². The number of carbonyl (C=O) groups excluding carboxylic acids is 1. The van der Waals surface area contributed by atoms with Crippen LogP contribution in [0.5, 0.6) is 0 Å². The van der Waals surface area contributed by atoms with Crippen LogP contribution < -0.4 is 5.32 Å². The number of carbonyl (C=O) groups is 1. The maximum absolute atomic E-state index is 11.8. The normalized spacial score (nSPS) is 18.2. The molecule has 6 heteroatoms. The summed E-state index contributed by atoms with van der Waals surface area (Å²) < 4.78 is 7.26. The van der Waals surface area contributed by atoms with Gasteiger partial charge in [0.25, 0.3) is 0 Å². The Labute approximate surface area is 128 Å². The number of ether oxygens (including phenoxy) is 1. The molecule has 1 saturated heterocycles. The van der Waals surface area contributed by atoms with Crippen molar-refractivity contribution in [3.63, 3.8) is 0 Å². The van der Waals surface area contributed by atoms with Gasteiger partial charge in [-0.1, -0.05) is 17.7 Å². The second kappa shape index (κ2) is 6.45. The highest BCUT2D eigenvalue weighted by Gasteiger charge is 2.22. The van der Waals surface area contributed by atoms with E-state index in [4.69, 9.17) is 16.3 Å². The van der Waals surface area contributed by atoms with Gasteiger partial charge in [0, 0.05) is 25.1 Å². The quantitative estimate of drug-likeness (QED) is 0.863. The highest BCUT2D eigenvalue weighted by Crippen LogP contribution is 2.22. The van der Waals surface area contributed by atoms with Gasteiger partial charge in [0.15, 0.2) is 0 Å². The van der Waals surface area contributed by atoms with E-state index in [1.54, 1.807) is 6.20 Å². The summed E-state index contributed by atoms with van der Waals surface area (Å²) in [5.41, 5.74) is 1.02. The maximum Gasteiger partial charge on any atom is 0.249 e. The molecule has 21 heavy (non-hydrogen) atoms. The lowest BCUT2D eigenvalue weighted by Gasteiger charge is -2.10. The first-order chi connectivity index (χ1) is 10.3. The summed E-state index contributed by atoms with van der Waals surface area (Å²) in [6, 6.07) is 5.78. The molecule has 0 bridgehead atoms. The van der Waals surface area contributed by atoms with Crippen molar-refractivity contribution in [1.82, 2.24) is 15.1 Å². The van der Waals surface area contributed by atoms with Crippen LogP contribution >= 0.6 is 11.6 Å². The van der Waals surface area contributed by atoms with Crippen molar-refractivity contribution >= 4 is 28.4 Å². The average molecular weight is 308 g/mol. The van der Waals surface area contributed by atoms with Crippen molar-refractivity contribution in [1.29, 1.82) is 0 Å². The van der Waals surface area contributed by atoms with E-state index < -0.39 is 0 Å². The Kier molecular flexibility index (Phi) is 4.41. The van der Waals surface area contributed by atoms with Crippen LogP contribution in [0.3, 0.4) is 0 Å². The Hall–Kier alpha value is -1.59. The van der Waals surface area contributed by atoms with Gasteiger partial charge in [-0.3, -0.25) is 9.48 Å². The third kappa shape index (κ3) is 3.19. The van der Waals surface area contributed by atoms with Crippen LogP contribution in [0.4, 0.5) is 0 Å². The predicted molar refractivity (Wildman–Crippen MR) is 81.3 cm³/mol. The fourth-order valence-electron chi connectivity index (χ4n) is 2.59. The molecule has 1 fully saturated rings. The van der Waals surface area contributed by atoms with Crippen LogP contribution in [0.25, 0.3) is 10.9 Å². The summed E-state index contributed by atoms with van der Waals surface area (Å²) in [5.74, 6) is 0.000804. The smallest absolute Gasteiger partial charge is 0.249 e. The molecule has 1 aliphatic heterocycles. The fourth-order valence-corrected chi connectivity index (χ4v) is 2.80. The lowest BCUT2D eigenvalue weighted by molar-refractivity contribution is -0.130. The topological polar surface area (TPSA) is 56.2 Å². The Bertz CT molecular complexity index is 635. The minimum Gasteiger partial charge on any atom is -0.368 e. The van der Waals surface area contributed by atoms with Crippen LogP contribution in [-0.4, -0.2) is 34.9 Å². The third-order valence-electron chi connectivity index (χ3n) is 3.70. The first-order valence-electron chi connectivity index (χ1n) is 7.25. The summed E-state index contributed by atoms with van der Waals surface area (Å²) in [6.07, 6.45) is 4.14. The van der Waals surface area contributed by atoms with Gasteiger partial charge < -0.3 is 10.1 Å². The number of amides is 1. The van der Waals surface area contributed by atoms with Gasteiger partial charge in [-0.25, -0.2) is 0 Å². The van der Waals surface area contributed by atoms with Gasteiger partial charge in [0.1, 0.15) is 6.10 Å². The first-order valence-corrected chi connectivity index (χ1v) is 7.63. The van der Waals surface area contributed by atoms with Crippen LogP contribution in [0.2, 0.25) is 5.02 Å². The molecule has 1 aliphatic rings. The SMILES string of the molecule is O=C(NCCCn1ncc2c(Cl)cccc21)[C@@H]1CCCO1. The standard InChI is InChI=1S/C15H18ClN3O2/c16-12-4-1-5-13-11(12)10-18-19(13)8-3-7-17-15(20)14-6-2-9-21-14/h1,4-5,10,14H,2-3,6-9H2,(H,17,20)/t14-/m0/s1. The lowest BCUT2D eigenvalue weighted by atomic mass is 10.2. The molecule has 1 amide bonds. The van der Waals surface area contributed by atoms with Gasteiger partial charge in [0.2, 0.25) is 5.91 Å². The number of nitrogens with zero attached hydrogens (tertiary/aromatic N) is 2. The molecule has 2 heterocycles. The van der Waals surface area contributed by atoms with Crippen molar-refractivity contribution in [2.75, 3.05) is 13.2 Å². The molecular formula is C15H18ClN3O2. The van der Waals surface area contributed by atoms with Gasteiger partial charge in [-0.05, 0) is 31.4 Å². The van der Waals surface area contributed by atoms with E-state index in [0.29, 0.717) is 18.2 Å². The van der Waals surface area contributed by atoms with Gasteiger partial charge in [-0.15, -0.1) is 0 Å². The Morgan fingerprint density at radius 3 is 3.24 bits per heavy atom. The molecule has 1 aromatic carbocycles. The van der Waals surface area contributed by atoms with E-state index in [0.717, 1.165) is 36.7 Å². The number of hydrogen-bond donors (Lipinski definition) is 1. The minimum absolute atomic E-state index is 0.000804. The molecular weight excluding hydrogens is 290 g/mol. The summed E-state index contributed by atoms with van der Waals surface area (Å²) in [5, 5.41) is 8.93. The second-order valence-corrected chi connectivity index (χ2v) is 5.59. The molecule has 0 radical (unpaired) electrons. The Morgan fingerprint density at radius 1 is 1.52 bits per heavy atom. The van der Waals surface area contributed by atoms with Crippen LogP contribution in [0.15, 0.2) is 24.4 Å². The molecule has 0 saturated carbocycles. The zero-order chi connectivity index (χ0) is 14.7. The predicted octanol–water partition coefficient (Wildman–Crippen LogP) is 2.38. The van der Waals surface area contributed by atoms with E-state index in [9.17, 15) is 4.79 Å². The van der Waals surface area contributed by atoms with Crippen molar-refractivity contribution in [2.24, 2.45) is 0 Å². The molecule has 2 aromatic rings. The molecule has 5 nitrogen and oxygen atoms in total. The number of nitrogens with one attached hydrogen (secondary N) is 1. The number of rotatable bonds is 5. The summed E-state index contributed by atoms with van der Waals surface area (Å²) >= 11 is 6.12. The third-order valence-corrected chi connectivity index (χ3v) is 4.03. The maximum atomic E-state index is 11.8. The van der Waals surface area contributed by atoms with Crippen LogP contribution in [-0.2, 0) is 16.1 Å². The van der Waals surface area contributed by atoms with E-state index in [1.807, 2.05) is 22.9 Å². The van der Waals surface area contributed by atoms with E-state index in [2.05, 4.69) is 10.4 Å². The van der Waals surface area contributed by atoms with Crippen LogP contribution in [0.1, 0.15) is 19.3 Å². The number of aromatic nitrogens is 2. The lowest BCUT2D eigenvalue weighted by Crippen LogP contribution is -2.35. The van der Waals surface area contributed by atoms with Crippen molar-refractivity contribution < 1.29 is 9.53 Å².